The predicted molar refractivity (Wildman–Crippen MR) is 90.8 cm³/mol. The van der Waals surface area contributed by atoms with Crippen LogP contribution in [-0.4, -0.2) is 41.0 Å². The molecule has 0 radical (unpaired) electrons. The highest BCUT2D eigenvalue weighted by Gasteiger charge is 2.21. The van der Waals surface area contributed by atoms with Crippen LogP contribution in [0.3, 0.4) is 0 Å². The van der Waals surface area contributed by atoms with Gasteiger partial charge < -0.3 is 14.4 Å². The summed E-state index contributed by atoms with van der Waals surface area (Å²) in [5, 5.41) is 7.41. The van der Waals surface area contributed by atoms with Crippen LogP contribution in [0.5, 0.6) is 11.5 Å². The highest BCUT2D eigenvalue weighted by molar-refractivity contribution is 6.33. The molecule has 1 aliphatic rings. The van der Waals surface area contributed by atoms with Gasteiger partial charge in [0.1, 0.15) is 23.1 Å². The van der Waals surface area contributed by atoms with Crippen molar-refractivity contribution < 1.29 is 14.3 Å². The lowest BCUT2D eigenvalue weighted by Crippen LogP contribution is -2.36. The van der Waals surface area contributed by atoms with Crippen LogP contribution in [-0.2, 0) is 13.1 Å². The Hall–Kier alpha value is -2.41. The van der Waals surface area contributed by atoms with E-state index in [1.807, 2.05) is 25.1 Å². The fourth-order valence-corrected chi connectivity index (χ4v) is 2.67. The van der Waals surface area contributed by atoms with Gasteiger partial charge in [-0.3, -0.25) is 10.00 Å². The van der Waals surface area contributed by atoms with E-state index in [1.54, 1.807) is 22.9 Å². The van der Waals surface area contributed by atoms with E-state index < -0.39 is 0 Å². The zero-order valence-corrected chi connectivity index (χ0v) is 14.3. The number of carbonyl (C=O) groups is 1. The fourth-order valence-electron chi connectivity index (χ4n) is 2.47. The Labute approximate surface area is 145 Å². The molecule has 128 valence electrons. The first-order valence-electron chi connectivity index (χ1n) is 7.69. The molecule has 0 saturated carbocycles. The molecule has 0 unspecified atom stereocenters. The van der Waals surface area contributed by atoms with E-state index in [0.717, 1.165) is 17.1 Å². The SMILES string of the molecule is CCn1cc(Cl)c(NC(=O)N2CCOc3cc(OC)ccc3C2)n1. The first kappa shape index (κ1) is 16.4. The second-order valence-corrected chi connectivity index (χ2v) is 5.76. The van der Waals surface area contributed by atoms with Gasteiger partial charge in [-0.15, -0.1) is 0 Å². The highest BCUT2D eigenvalue weighted by atomic mass is 35.5. The zero-order valence-electron chi connectivity index (χ0n) is 13.6. The second kappa shape index (κ2) is 7.00. The Morgan fingerprint density at radius 3 is 3.04 bits per heavy atom. The van der Waals surface area contributed by atoms with E-state index in [4.69, 9.17) is 21.1 Å². The van der Waals surface area contributed by atoms with Crippen LogP contribution in [0.25, 0.3) is 0 Å². The van der Waals surface area contributed by atoms with E-state index in [-0.39, 0.29) is 6.03 Å². The summed E-state index contributed by atoms with van der Waals surface area (Å²) in [6, 6.07) is 5.32. The number of rotatable bonds is 3. The summed E-state index contributed by atoms with van der Waals surface area (Å²) in [7, 11) is 1.61. The Bertz CT molecular complexity index is 747. The Morgan fingerprint density at radius 2 is 2.33 bits per heavy atom. The van der Waals surface area contributed by atoms with E-state index in [2.05, 4.69) is 10.4 Å². The summed E-state index contributed by atoms with van der Waals surface area (Å²) in [5.74, 6) is 1.82. The van der Waals surface area contributed by atoms with Crippen LogP contribution in [0, 0.1) is 0 Å². The van der Waals surface area contributed by atoms with Gasteiger partial charge in [0.15, 0.2) is 5.82 Å². The summed E-state index contributed by atoms with van der Waals surface area (Å²) in [6.07, 6.45) is 1.68. The number of benzene rings is 1. The maximum absolute atomic E-state index is 12.5. The maximum atomic E-state index is 12.5. The third-order valence-electron chi connectivity index (χ3n) is 3.81. The molecule has 3 rings (SSSR count). The van der Waals surface area contributed by atoms with Crippen molar-refractivity contribution in [3.8, 4) is 11.5 Å². The summed E-state index contributed by atoms with van der Waals surface area (Å²) in [5.41, 5.74) is 0.925. The lowest BCUT2D eigenvalue weighted by atomic mass is 10.2. The van der Waals surface area contributed by atoms with E-state index in [9.17, 15) is 4.79 Å². The summed E-state index contributed by atoms with van der Waals surface area (Å²) >= 11 is 6.10. The van der Waals surface area contributed by atoms with Crippen molar-refractivity contribution in [2.45, 2.75) is 20.0 Å². The van der Waals surface area contributed by atoms with Gasteiger partial charge >= 0.3 is 6.03 Å². The number of hydrogen-bond acceptors (Lipinski definition) is 4. The number of fused-ring (bicyclic) bond motifs is 1. The van der Waals surface area contributed by atoms with Gasteiger partial charge in [0, 0.05) is 24.4 Å². The number of ether oxygens (including phenoxy) is 2. The van der Waals surface area contributed by atoms with Crippen molar-refractivity contribution in [1.82, 2.24) is 14.7 Å². The highest BCUT2D eigenvalue weighted by Crippen LogP contribution is 2.28. The number of carbonyl (C=O) groups excluding carboxylic acids is 1. The van der Waals surface area contributed by atoms with Gasteiger partial charge in [0.2, 0.25) is 0 Å². The van der Waals surface area contributed by atoms with Crippen LogP contribution in [0.4, 0.5) is 10.6 Å². The van der Waals surface area contributed by atoms with E-state index in [1.165, 1.54) is 0 Å². The molecule has 0 bridgehead atoms. The number of anilines is 1. The van der Waals surface area contributed by atoms with Crippen molar-refractivity contribution in [3.05, 3.63) is 35.0 Å². The minimum absolute atomic E-state index is 0.259. The van der Waals surface area contributed by atoms with Crippen LogP contribution >= 0.6 is 11.6 Å². The van der Waals surface area contributed by atoms with Gasteiger partial charge in [-0.05, 0) is 19.1 Å². The minimum Gasteiger partial charge on any atom is -0.497 e. The standard InChI is InChI=1S/C16H19ClN4O3/c1-3-21-10-13(17)15(19-21)18-16(22)20-6-7-24-14-8-12(23-2)5-4-11(14)9-20/h4-5,8,10H,3,6-7,9H2,1-2H3,(H,18,19,22). The molecule has 1 N–H and O–H groups in total. The van der Waals surface area contributed by atoms with E-state index in [0.29, 0.717) is 37.1 Å². The third-order valence-corrected chi connectivity index (χ3v) is 4.08. The number of nitrogens with zero attached hydrogens (tertiary/aromatic N) is 3. The average molecular weight is 351 g/mol. The number of urea groups is 1. The molecule has 24 heavy (non-hydrogen) atoms. The molecular weight excluding hydrogens is 332 g/mol. The number of aromatic nitrogens is 2. The average Bonchev–Trinajstić information content (AvgIpc) is 2.81. The molecule has 1 aromatic heterocycles. The van der Waals surface area contributed by atoms with Gasteiger partial charge in [-0.25, -0.2) is 4.79 Å². The molecule has 0 aliphatic carbocycles. The Morgan fingerprint density at radius 1 is 1.50 bits per heavy atom. The summed E-state index contributed by atoms with van der Waals surface area (Å²) < 4.78 is 12.6. The van der Waals surface area contributed by atoms with Gasteiger partial charge in [-0.1, -0.05) is 11.6 Å². The number of halogens is 1. The number of hydrogen-bond donors (Lipinski definition) is 1. The first-order valence-corrected chi connectivity index (χ1v) is 8.07. The quantitative estimate of drug-likeness (QED) is 0.924. The molecular formula is C16H19ClN4O3. The van der Waals surface area contributed by atoms with Crippen LogP contribution < -0.4 is 14.8 Å². The predicted octanol–water partition coefficient (Wildman–Crippen LogP) is 2.99. The topological polar surface area (TPSA) is 68.6 Å². The smallest absolute Gasteiger partial charge is 0.323 e. The van der Waals surface area contributed by atoms with Gasteiger partial charge in [0.25, 0.3) is 0 Å². The lowest BCUT2D eigenvalue weighted by molar-refractivity contribution is 0.200. The third kappa shape index (κ3) is 3.41. The number of nitrogens with one attached hydrogen (secondary N) is 1. The maximum Gasteiger partial charge on any atom is 0.323 e. The largest absolute Gasteiger partial charge is 0.497 e. The normalized spacial score (nSPS) is 13.7. The van der Waals surface area contributed by atoms with Crippen molar-refractivity contribution in [2.75, 3.05) is 25.6 Å². The molecule has 2 aromatic rings. The van der Waals surface area contributed by atoms with Crippen LogP contribution in [0.15, 0.2) is 24.4 Å². The zero-order chi connectivity index (χ0) is 17.1. The first-order chi connectivity index (χ1) is 11.6. The van der Waals surface area contributed by atoms with Crippen LogP contribution in [0.2, 0.25) is 5.02 Å². The van der Waals surface area contributed by atoms with Crippen molar-refractivity contribution in [3.63, 3.8) is 0 Å². The molecule has 8 heteroatoms. The molecule has 7 nitrogen and oxygen atoms in total. The molecule has 0 spiro atoms. The minimum atomic E-state index is -0.259. The molecule has 1 aliphatic heterocycles. The van der Waals surface area contributed by atoms with Crippen molar-refractivity contribution in [1.29, 1.82) is 0 Å². The molecule has 0 fully saturated rings. The van der Waals surface area contributed by atoms with Gasteiger partial charge in [-0.2, -0.15) is 5.10 Å². The number of methoxy groups -OCH3 is 1. The molecule has 2 amide bonds. The van der Waals surface area contributed by atoms with Crippen molar-refractivity contribution in [2.24, 2.45) is 0 Å². The van der Waals surface area contributed by atoms with Gasteiger partial charge in [0.05, 0.1) is 20.2 Å². The monoisotopic (exact) mass is 350 g/mol. The molecule has 0 atom stereocenters. The Balaban J connectivity index is 1.74. The summed E-state index contributed by atoms with van der Waals surface area (Å²) in [4.78, 5) is 14.2. The molecule has 2 heterocycles. The number of amides is 2. The molecule has 0 saturated heterocycles. The lowest BCUT2D eigenvalue weighted by Gasteiger charge is -2.19. The second-order valence-electron chi connectivity index (χ2n) is 5.36. The summed E-state index contributed by atoms with van der Waals surface area (Å²) in [6.45, 7) is 3.95. The Kier molecular flexibility index (Phi) is 4.80. The van der Waals surface area contributed by atoms with E-state index >= 15 is 0 Å². The van der Waals surface area contributed by atoms with Crippen LogP contribution in [0.1, 0.15) is 12.5 Å². The number of aryl methyl sites for hydroxylation is 1. The molecule has 1 aromatic carbocycles. The van der Waals surface area contributed by atoms with Crippen molar-refractivity contribution >= 4 is 23.4 Å². The fraction of sp³-hybridized carbons (Fsp3) is 0.375.